The summed E-state index contributed by atoms with van der Waals surface area (Å²) in [6.45, 7) is 11.0. The number of anilines is 1. The molecule has 1 aliphatic rings. The minimum absolute atomic E-state index is 0.0489. The number of hydrogen-bond acceptors (Lipinski definition) is 5. The number of aromatic nitrogens is 1. The van der Waals surface area contributed by atoms with Crippen molar-refractivity contribution < 1.29 is 9.59 Å². The molecule has 162 valence electrons. The van der Waals surface area contributed by atoms with Gasteiger partial charge in [0, 0.05) is 24.0 Å². The van der Waals surface area contributed by atoms with Gasteiger partial charge >= 0.3 is 0 Å². The lowest BCUT2D eigenvalue weighted by Crippen LogP contribution is -2.47. The van der Waals surface area contributed by atoms with E-state index >= 15 is 0 Å². The van der Waals surface area contributed by atoms with Gasteiger partial charge in [-0.1, -0.05) is 39.0 Å². The first kappa shape index (κ1) is 22.4. The van der Waals surface area contributed by atoms with E-state index in [0.29, 0.717) is 10.7 Å². The van der Waals surface area contributed by atoms with Crippen LogP contribution in [0.2, 0.25) is 0 Å². The second kappa shape index (κ2) is 10.2. The van der Waals surface area contributed by atoms with Crippen molar-refractivity contribution in [3.8, 4) is 0 Å². The van der Waals surface area contributed by atoms with Gasteiger partial charge in [-0.3, -0.25) is 14.5 Å². The fourth-order valence-electron chi connectivity index (χ4n) is 3.86. The van der Waals surface area contributed by atoms with E-state index in [9.17, 15) is 9.59 Å². The first-order chi connectivity index (χ1) is 14.3. The van der Waals surface area contributed by atoms with Crippen LogP contribution in [0.5, 0.6) is 0 Å². The lowest BCUT2D eigenvalue weighted by Gasteiger charge is -2.30. The quantitative estimate of drug-likeness (QED) is 0.697. The second-order valence-electron chi connectivity index (χ2n) is 8.63. The smallest absolute Gasteiger partial charge is 0.252 e. The third kappa shape index (κ3) is 5.89. The molecule has 7 heteroatoms. The highest BCUT2D eigenvalue weighted by atomic mass is 32.1. The molecule has 30 heavy (non-hydrogen) atoms. The van der Waals surface area contributed by atoms with E-state index in [1.54, 1.807) is 6.07 Å². The van der Waals surface area contributed by atoms with E-state index < -0.39 is 6.04 Å². The molecule has 2 aromatic rings. The largest absolute Gasteiger partial charge is 0.340 e. The van der Waals surface area contributed by atoms with Crippen LogP contribution in [0.15, 0.2) is 29.6 Å². The van der Waals surface area contributed by atoms with E-state index in [1.165, 1.54) is 24.2 Å². The van der Waals surface area contributed by atoms with Crippen LogP contribution in [0.3, 0.4) is 0 Å². The normalized spacial score (nSPS) is 18.2. The molecule has 2 atom stereocenters. The average molecular weight is 429 g/mol. The minimum Gasteiger partial charge on any atom is -0.340 e. The summed E-state index contributed by atoms with van der Waals surface area (Å²) in [6.07, 6.45) is 2.52. The lowest BCUT2D eigenvalue weighted by atomic mass is 10.0. The molecule has 2 N–H and O–H groups in total. The molecule has 1 aliphatic heterocycles. The molecule has 1 fully saturated rings. The Bertz CT molecular complexity index is 880. The second-order valence-corrected chi connectivity index (χ2v) is 9.48. The van der Waals surface area contributed by atoms with Crippen molar-refractivity contribution in [2.45, 2.75) is 53.1 Å². The van der Waals surface area contributed by atoms with Crippen molar-refractivity contribution in [3.63, 3.8) is 0 Å². The molecule has 2 amide bonds. The summed E-state index contributed by atoms with van der Waals surface area (Å²) in [6, 6.07) is 6.75. The summed E-state index contributed by atoms with van der Waals surface area (Å²) < 4.78 is 0. The van der Waals surface area contributed by atoms with Crippen LogP contribution in [-0.4, -0.2) is 40.8 Å². The number of piperidine rings is 1. The van der Waals surface area contributed by atoms with Crippen molar-refractivity contribution in [3.05, 3.63) is 46.5 Å². The number of aryl methyl sites for hydroxylation is 1. The molecule has 0 saturated carbocycles. The number of thiazole rings is 1. The lowest BCUT2D eigenvalue weighted by molar-refractivity contribution is -0.118. The molecular weight excluding hydrogens is 396 g/mol. The summed E-state index contributed by atoms with van der Waals surface area (Å²) in [5.74, 6) is 0.202. The maximum absolute atomic E-state index is 12.9. The van der Waals surface area contributed by atoms with E-state index in [1.807, 2.05) is 44.4 Å². The number of nitrogens with one attached hydrogen (secondary N) is 2. The Hall–Kier alpha value is -2.25. The summed E-state index contributed by atoms with van der Waals surface area (Å²) in [5, 5.41) is 8.37. The van der Waals surface area contributed by atoms with Gasteiger partial charge in [-0.05, 0) is 49.8 Å². The fourth-order valence-corrected chi connectivity index (χ4v) is 4.57. The van der Waals surface area contributed by atoms with Crippen LogP contribution in [0.4, 0.5) is 5.13 Å². The van der Waals surface area contributed by atoms with Crippen molar-refractivity contribution >= 4 is 28.3 Å². The highest BCUT2D eigenvalue weighted by molar-refractivity contribution is 7.13. The third-order valence-corrected chi connectivity index (χ3v) is 6.34. The predicted octanol–water partition coefficient (Wildman–Crippen LogP) is 4.08. The van der Waals surface area contributed by atoms with E-state index in [2.05, 4.69) is 27.4 Å². The fraction of sp³-hybridized carbons (Fsp3) is 0.522. The van der Waals surface area contributed by atoms with E-state index in [0.717, 1.165) is 36.8 Å². The van der Waals surface area contributed by atoms with Crippen molar-refractivity contribution in [1.29, 1.82) is 0 Å². The molecule has 0 spiro atoms. The van der Waals surface area contributed by atoms with Crippen LogP contribution in [-0.2, 0) is 11.3 Å². The van der Waals surface area contributed by atoms with Crippen LogP contribution >= 0.6 is 11.3 Å². The van der Waals surface area contributed by atoms with E-state index in [4.69, 9.17) is 0 Å². The Labute approximate surface area is 183 Å². The third-order valence-electron chi connectivity index (χ3n) is 5.53. The highest BCUT2D eigenvalue weighted by Crippen LogP contribution is 2.21. The number of likely N-dealkylation sites (tertiary alicyclic amines) is 1. The van der Waals surface area contributed by atoms with Crippen molar-refractivity contribution in [2.24, 2.45) is 11.8 Å². The molecule has 2 heterocycles. The SMILES string of the molecule is Cc1ccccc1C(=O)N[C@@H](C(=O)Nc1nc(CN2CCC[C@@H](C)C2)cs1)C(C)C. The van der Waals surface area contributed by atoms with Crippen LogP contribution in [0.25, 0.3) is 0 Å². The molecular formula is C23H32N4O2S. The van der Waals surface area contributed by atoms with Crippen molar-refractivity contribution in [2.75, 3.05) is 18.4 Å². The van der Waals surface area contributed by atoms with Crippen molar-refractivity contribution in [1.82, 2.24) is 15.2 Å². The van der Waals surface area contributed by atoms with Gasteiger partial charge in [0.25, 0.3) is 5.91 Å². The van der Waals surface area contributed by atoms with Gasteiger partial charge < -0.3 is 10.6 Å². The van der Waals surface area contributed by atoms with Crippen LogP contribution < -0.4 is 10.6 Å². The number of carbonyl (C=O) groups is 2. The van der Waals surface area contributed by atoms with E-state index in [-0.39, 0.29) is 17.7 Å². The zero-order valence-corrected chi connectivity index (χ0v) is 19.1. The van der Waals surface area contributed by atoms with Gasteiger partial charge in [0.2, 0.25) is 5.91 Å². The van der Waals surface area contributed by atoms with Gasteiger partial charge in [-0.15, -0.1) is 11.3 Å². The standard InChI is InChI=1S/C23H32N4O2S/c1-15(2)20(25-21(28)19-10-6-5-9-17(19)4)22(29)26-23-24-18(14-30-23)13-27-11-7-8-16(3)12-27/h5-6,9-10,14-16,20H,7-8,11-13H2,1-4H3,(H,25,28)(H,24,26,29)/t16-,20-/m1/s1. The zero-order chi connectivity index (χ0) is 21.7. The maximum atomic E-state index is 12.9. The van der Waals surface area contributed by atoms with Gasteiger partial charge in [-0.2, -0.15) is 0 Å². The Balaban J connectivity index is 1.60. The molecule has 0 bridgehead atoms. The molecule has 1 aromatic carbocycles. The first-order valence-electron chi connectivity index (χ1n) is 10.7. The minimum atomic E-state index is -0.632. The first-order valence-corrected chi connectivity index (χ1v) is 11.6. The number of nitrogens with zero attached hydrogens (tertiary/aromatic N) is 2. The molecule has 6 nitrogen and oxygen atoms in total. The number of benzene rings is 1. The highest BCUT2D eigenvalue weighted by Gasteiger charge is 2.26. The Kier molecular flexibility index (Phi) is 7.61. The number of amides is 2. The Morgan fingerprint density at radius 2 is 2.07 bits per heavy atom. The molecule has 3 rings (SSSR count). The predicted molar refractivity (Wildman–Crippen MR) is 122 cm³/mol. The Morgan fingerprint density at radius 1 is 1.30 bits per heavy atom. The van der Waals surface area contributed by atoms with Gasteiger partial charge in [0.05, 0.1) is 5.69 Å². The monoisotopic (exact) mass is 428 g/mol. The molecule has 0 aliphatic carbocycles. The molecule has 1 aromatic heterocycles. The Morgan fingerprint density at radius 3 is 2.77 bits per heavy atom. The summed E-state index contributed by atoms with van der Waals surface area (Å²) in [4.78, 5) is 32.6. The average Bonchev–Trinajstić information content (AvgIpc) is 3.12. The summed E-state index contributed by atoms with van der Waals surface area (Å²) >= 11 is 1.43. The molecule has 0 unspecified atom stereocenters. The summed E-state index contributed by atoms with van der Waals surface area (Å²) in [5.41, 5.74) is 2.45. The van der Waals surface area contributed by atoms with Gasteiger partial charge in [0.15, 0.2) is 5.13 Å². The summed E-state index contributed by atoms with van der Waals surface area (Å²) in [7, 11) is 0. The van der Waals surface area contributed by atoms with Crippen LogP contribution in [0, 0.1) is 18.8 Å². The number of rotatable bonds is 7. The maximum Gasteiger partial charge on any atom is 0.252 e. The topological polar surface area (TPSA) is 74.3 Å². The molecule has 0 radical (unpaired) electrons. The zero-order valence-electron chi connectivity index (χ0n) is 18.3. The van der Waals surface area contributed by atoms with Gasteiger partial charge in [-0.25, -0.2) is 4.98 Å². The number of carbonyl (C=O) groups excluding carboxylic acids is 2. The van der Waals surface area contributed by atoms with Gasteiger partial charge in [0.1, 0.15) is 6.04 Å². The number of hydrogen-bond donors (Lipinski definition) is 2. The van der Waals surface area contributed by atoms with Crippen LogP contribution in [0.1, 0.15) is 55.2 Å². The molecule has 1 saturated heterocycles.